The number of Topliss-reactive ketones (excluding diaryl/α,β-unsaturated/α-hetero) is 1. The van der Waals surface area contributed by atoms with Crippen molar-refractivity contribution in [1.29, 1.82) is 5.26 Å². The number of benzene rings is 1. The van der Waals surface area contributed by atoms with Crippen LogP contribution < -0.4 is 0 Å². The van der Waals surface area contributed by atoms with Crippen molar-refractivity contribution in [3.8, 4) is 6.07 Å². The number of rotatable bonds is 1. The van der Waals surface area contributed by atoms with E-state index in [-0.39, 0.29) is 0 Å². The number of hydrogen-bond donors (Lipinski definition) is 0. The SMILES string of the molecule is CC(=O)c1cc(C#N)c(F)c(F)c1F. The van der Waals surface area contributed by atoms with Gasteiger partial charge in [0.25, 0.3) is 0 Å². The lowest BCUT2D eigenvalue weighted by Crippen LogP contribution is -2.04. The summed E-state index contributed by atoms with van der Waals surface area (Å²) >= 11 is 0. The van der Waals surface area contributed by atoms with E-state index in [0.29, 0.717) is 6.07 Å². The Balaban J connectivity index is 3.59. The quantitative estimate of drug-likeness (QED) is 0.513. The van der Waals surface area contributed by atoms with Gasteiger partial charge in [0.1, 0.15) is 6.07 Å². The Hall–Kier alpha value is -1.83. The third kappa shape index (κ3) is 1.46. The minimum absolute atomic E-state index is 0.625. The molecule has 0 saturated heterocycles. The number of nitriles is 1. The average Bonchev–Trinajstić information content (AvgIpc) is 2.14. The predicted molar refractivity (Wildman–Crippen MR) is 41.0 cm³/mol. The molecule has 0 heterocycles. The van der Waals surface area contributed by atoms with Crippen LogP contribution in [0.4, 0.5) is 13.2 Å². The van der Waals surface area contributed by atoms with Gasteiger partial charge in [-0.1, -0.05) is 0 Å². The lowest BCUT2D eigenvalue weighted by atomic mass is 10.1. The van der Waals surface area contributed by atoms with Crippen molar-refractivity contribution in [1.82, 2.24) is 0 Å². The Labute approximate surface area is 77.6 Å². The first kappa shape index (κ1) is 10.3. The molecule has 1 aromatic carbocycles. The van der Waals surface area contributed by atoms with Crippen LogP contribution in [0.2, 0.25) is 0 Å². The van der Waals surface area contributed by atoms with E-state index in [9.17, 15) is 18.0 Å². The molecule has 0 aliphatic carbocycles. The van der Waals surface area contributed by atoms with Gasteiger partial charge in [0.2, 0.25) is 0 Å². The van der Waals surface area contributed by atoms with Gasteiger partial charge in [-0.2, -0.15) is 5.26 Å². The number of carbonyl (C=O) groups is 1. The predicted octanol–water partition coefficient (Wildman–Crippen LogP) is 2.18. The lowest BCUT2D eigenvalue weighted by Gasteiger charge is -2.02. The molecule has 0 saturated carbocycles. The van der Waals surface area contributed by atoms with E-state index >= 15 is 0 Å². The average molecular weight is 199 g/mol. The Kier molecular flexibility index (Phi) is 2.56. The molecule has 0 aliphatic heterocycles. The number of nitrogens with zero attached hydrogens (tertiary/aromatic N) is 1. The molecule has 0 radical (unpaired) electrons. The second-order valence-electron chi connectivity index (χ2n) is 2.58. The molecule has 14 heavy (non-hydrogen) atoms. The maximum atomic E-state index is 12.9. The summed E-state index contributed by atoms with van der Waals surface area (Å²) in [5.41, 5.74) is -1.31. The van der Waals surface area contributed by atoms with Gasteiger partial charge in [-0.3, -0.25) is 4.79 Å². The summed E-state index contributed by atoms with van der Waals surface area (Å²) in [5, 5.41) is 8.35. The number of halogens is 3. The highest BCUT2D eigenvalue weighted by Crippen LogP contribution is 2.19. The van der Waals surface area contributed by atoms with Crippen molar-refractivity contribution in [3.05, 3.63) is 34.6 Å². The molecule has 2 nitrogen and oxygen atoms in total. The van der Waals surface area contributed by atoms with E-state index in [1.54, 1.807) is 0 Å². The second-order valence-corrected chi connectivity index (χ2v) is 2.58. The van der Waals surface area contributed by atoms with Gasteiger partial charge in [0.15, 0.2) is 23.2 Å². The highest BCUT2D eigenvalue weighted by molar-refractivity contribution is 5.94. The van der Waals surface area contributed by atoms with Crippen molar-refractivity contribution in [2.75, 3.05) is 0 Å². The first-order valence-electron chi connectivity index (χ1n) is 3.57. The molecule has 0 atom stereocenters. The van der Waals surface area contributed by atoms with Gasteiger partial charge in [0.05, 0.1) is 11.1 Å². The van der Waals surface area contributed by atoms with Crippen LogP contribution in [0.25, 0.3) is 0 Å². The normalized spacial score (nSPS) is 9.64. The molecule has 0 aromatic heterocycles. The molecule has 5 heteroatoms. The van der Waals surface area contributed by atoms with Crippen molar-refractivity contribution >= 4 is 5.78 Å². The van der Waals surface area contributed by atoms with Crippen LogP contribution in [0.15, 0.2) is 6.07 Å². The third-order valence-corrected chi connectivity index (χ3v) is 1.65. The Morgan fingerprint density at radius 1 is 1.29 bits per heavy atom. The zero-order valence-electron chi connectivity index (χ0n) is 7.07. The third-order valence-electron chi connectivity index (χ3n) is 1.65. The number of carbonyl (C=O) groups excluding carboxylic acids is 1. The van der Waals surface area contributed by atoms with E-state index in [4.69, 9.17) is 5.26 Å². The molecular weight excluding hydrogens is 195 g/mol. The molecule has 0 bridgehead atoms. The minimum atomic E-state index is -1.80. The Bertz CT molecular complexity index is 448. The van der Waals surface area contributed by atoms with Crippen LogP contribution in [-0.4, -0.2) is 5.78 Å². The van der Waals surface area contributed by atoms with Crippen LogP contribution in [-0.2, 0) is 0 Å². The summed E-state index contributed by atoms with van der Waals surface area (Å²) in [6.07, 6.45) is 0. The van der Waals surface area contributed by atoms with Crippen LogP contribution in [0.3, 0.4) is 0 Å². The minimum Gasteiger partial charge on any atom is -0.294 e. The van der Waals surface area contributed by atoms with Crippen LogP contribution in [0.1, 0.15) is 22.8 Å². The maximum Gasteiger partial charge on any atom is 0.196 e. The monoisotopic (exact) mass is 199 g/mol. The summed E-state index contributed by atoms with van der Waals surface area (Å²) in [5.74, 6) is -5.70. The van der Waals surface area contributed by atoms with Crippen LogP contribution in [0, 0.1) is 28.8 Å². The summed E-state index contributed by atoms with van der Waals surface area (Å²) in [6.45, 7) is 0.997. The van der Waals surface area contributed by atoms with Crippen molar-refractivity contribution in [3.63, 3.8) is 0 Å². The molecule has 0 unspecified atom stereocenters. The fourth-order valence-electron chi connectivity index (χ4n) is 0.941. The second kappa shape index (κ2) is 3.50. The zero-order valence-corrected chi connectivity index (χ0v) is 7.07. The summed E-state index contributed by atoms with van der Waals surface area (Å²) in [7, 11) is 0. The molecule has 72 valence electrons. The number of ketones is 1. The molecule has 0 spiro atoms. The summed E-state index contributed by atoms with van der Waals surface area (Å²) < 4.78 is 38.4. The molecule has 0 amide bonds. The highest BCUT2D eigenvalue weighted by atomic mass is 19.2. The Morgan fingerprint density at radius 2 is 1.86 bits per heavy atom. The molecule has 1 aromatic rings. The summed E-state index contributed by atoms with van der Waals surface area (Å²) in [6, 6.07) is 2.02. The van der Waals surface area contributed by atoms with Crippen LogP contribution >= 0.6 is 0 Å². The molecule has 0 fully saturated rings. The summed E-state index contributed by atoms with van der Waals surface area (Å²) in [4.78, 5) is 10.8. The Morgan fingerprint density at radius 3 is 2.29 bits per heavy atom. The van der Waals surface area contributed by atoms with Gasteiger partial charge in [-0.05, 0) is 13.0 Å². The molecule has 1 rings (SSSR count). The largest absolute Gasteiger partial charge is 0.294 e. The smallest absolute Gasteiger partial charge is 0.196 e. The van der Waals surface area contributed by atoms with Gasteiger partial charge < -0.3 is 0 Å². The standard InChI is InChI=1S/C9H4F3NO/c1-4(14)6-2-5(3-13)7(10)9(12)8(6)11/h2H,1H3. The van der Waals surface area contributed by atoms with E-state index in [1.807, 2.05) is 0 Å². The number of hydrogen-bond acceptors (Lipinski definition) is 2. The highest BCUT2D eigenvalue weighted by Gasteiger charge is 2.20. The van der Waals surface area contributed by atoms with Crippen molar-refractivity contribution < 1.29 is 18.0 Å². The van der Waals surface area contributed by atoms with Crippen molar-refractivity contribution in [2.24, 2.45) is 0 Å². The van der Waals surface area contributed by atoms with E-state index in [1.165, 1.54) is 6.07 Å². The van der Waals surface area contributed by atoms with Crippen LogP contribution in [0.5, 0.6) is 0 Å². The zero-order chi connectivity index (χ0) is 10.9. The van der Waals surface area contributed by atoms with E-state index in [2.05, 4.69) is 0 Å². The first-order valence-corrected chi connectivity index (χ1v) is 3.57. The fourth-order valence-corrected chi connectivity index (χ4v) is 0.941. The van der Waals surface area contributed by atoms with E-state index in [0.717, 1.165) is 6.92 Å². The molecule has 0 aliphatic rings. The lowest BCUT2D eigenvalue weighted by molar-refractivity contribution is 0.101. The van der Waals surface area contributed by atoms with Crippen molar-refractivity contribution in [2.45, 2.75) is 6.92 Å². The van der Waals surface area contributed by atoms with Gasteiger partial charge in [-0.15, -0.1) is 0 Å². The maximum absolute atomic E-state index is 12.9. The van der Waals surface area contributed by atoms with Gasteiger partial charge in [-0.25, -0.2) is 13.2 Å². The van der Waals surface area contributed by atoms with Gasteiger partial charge >= 0.3 is 0 Å². The molecule has 0 N–H and O–H groups in total. The fraction of sp³-hybridized carbons (Fsp3) is 0.111. The topological polar surface area (TPSA) is 40.9 Å². The first-order chi connectivity index (χ1) is 6.49. The van der Waals surface area contributed by atoms with Gasteiger partial charge in [0, 0.05) is 0 Å². The van der Waals surface area contributed by atoms with E-state index < -0.39 is 34.4 Å². The molecular formula is C9H4F3NO.